The van der Waals surface area contributed by atoms with Gasteiger partial charge in [-0.15, -0.1) is 0 Å². The second kappa shape index (κ2) is 8.17. The molecule has 0 saturated heterocycles. The van der Waals surface area contributed by atoms with E-state index in [9.17, 15) is 15.0 Å². The molecule has 1 aromatic carbocycles. The zero-order valence-electron chi connectivity index (χ0n) is 12.9. The second-order valence-corrected chi connectivity index (χ2v) is 5.82. The average Bonchev–Trinajstić information content (AvgIpc) is 2.53. The van der Waals surface area contributed by atoms with Crippen LogP contribution in [-0.4, -0.2) is 32.8 Å². The maximum absolute atomic E-state index is 11.4. The Bertz CT molecular complexity index is 753. The number of benzene rings is 1. The zero-order valence-corrected chi connectivity index (χ0v) is 14.4. The molecule has 128 valence electrons. The van der Waals surface area contributed by atoms with Crippen LogP contribution in [0.5, 0.6) is 11.6 Å². The summed E-state index contributed by atoms with van der Waals surface area (Å²) in [5.41, 5.74) is 0.242. The molecule has 0 unspecified atom stereocenters. The van der Waals surface area contributed by atoms with Crippen LogP contribution in [0.2, 0.25) is 10.0 Å². The molecule has 0 radical (unpaired) electrons. The number of ether oxygens (including phenoxy) is 1. The number of hydrogen-bond acceptors (Lipinski definition) is 5. The first-order chi connectivity index (χ1) is 11.4. The minimum atomic E-state index is -1.31. The maximum atomic E-state index is 11.4. The fraction of sp³-hybridized carbons (Fsp3) is 0.312. The van der Waals surface area contributed by atoms with Crippen LogP contribution in [0.25, 0.3) is 0 Å². The molecule has 2 aromatic rings. The highest BCUT2D eigenvalue weighted by molar-refractivity contribution is 6.42. The summed E-state index contributed by atoms with van der Waals surface area (Å²) in [5.74, 6) is -1.93. The summed E-state index contributed by atoms with van der Waals surface area (Å²) in [7, 11) is 0. The fourth-order valence-corrected chi connectivity index (χ4v) is 2.40. The van der Waals surface area contributed by atoms with Gasteiger partial charge in [0.25, 0.3) is 5.88 Å². The zero-order chi connectivity index (χ0) is 17.7. The Hall–Kier alpha value is -2.05. The summed E-state index contributed by atoms with van der Waals surface area (Å²) < 4.78 is 5.31. The number of carboxylic acid groups (broad SMARTS) is 1. The summed E-state index contributed by atoms with van der Waals surface area (Å²) >= 11 is 12.1. The molecule has 0 aliphatic rings. The monoisotopic (exact) mass is 370 g/mol. The Labute approximate surface area is 149 Å². The number of rotatable bonds is 7. The predicted molar refractivity (Wildman–Crippen MR) is 90.3 cm³/mol. The lowest BCUT2D eigenvalue weighted by molar-refractivity contribution is 0.0683. The fourth-order valence-electron chi connectivity index (χ4n) is 2.01. The van der Waals surface area contributed by atoms with Gasteiger partial charge in [0.2, 0.25) is 5.75 Å². The number of nitrogens with zero attached hydrogens (tertiary/aromatic N) is 2. The van der Waals surface area contributed by atoms with Crippen molar-refractivity contribution in [2.75, 3.05) is 6.61 Å². The summed E-state index contributed by atoms with van der Waals surface area (Å²) in [6.07, 6.45) is 1.72. The normalized spacial score (nSPS) is 10.6. The molecule has 1 aromatic heterocycles. The van der Waals surface area contributed by atoms with E-state index in [1.54, 1.807) is 18.2 Å². The molecule has 2 rings (SSSR count). The number of aromatic hydroxyl groups is 1. The highest BCUT2D eigenvalue weighted by Gasteiger charge is 2.21. The molecule has 0 bridgehead atoms. The van der Waals surface area contributed by atoms with Crippen molar-refractivity contribution >= 4 is 29.2 Å². The number of hydrogen-bond donors (Lipinski definition) is 2. The molecule has 8 heteroatoms. The van der Waals surface area contributed by atoms with Crippen LogP contribution in [0.3, 0.4) is 0 Å². The van der Waals surface area contributed by atoms with Crippen molar-refractivity contribution in [2.24, 2.45) is 0 Å². The highest BCUT2D eigenvalue weighted by atomic mass is 35.5. The Morgan fingerprint density at radius 2 is 2.04 bits per heavy atom. The van der Waals surface area contributed by atoms with E-state index in [0.29, 0.717) is 15.6 Å². The Balaban J connectivity index is 2.35. The van der Waals surface area contributed by atoms with E-state index in [4.69, 9.17) is 27.9 Å². The molecule has 0 amide bonds. The Kier molecular flexibility index (Phi) is 6.23. The van der Waals surface area contributed by atoms with Gasteiger partial charge in [0.15, 0.2) is 5.69 Å². The van der Waals surface area contributed by atoms with Crippen LogP contribution in [0.15, 0.2) is 18.2 Å². The molecule has 0 fully saturated rings. The molecule has 6 nitrogen and oxygen atoms in total. The number of carbonyl (C=O) groups is 1. The van der Waals surface area contributed by atoms with E-state index in [1.165, 1.54) is 0 Å². The van der Waals surface area contributed by atoms with E-state index >= 15 is 0 Å². The predicted octanol–water partition coefficient (Wildman–Crippen LogP) is 3.96. The van der Waals surface area contributed by atoms with Crippen molar-refractivity contribution < 1.29 is 19.7 Å². The van der Waals surface area contributed by atoms with Gasteiger partial charge in [0.05, 0.1) is 16.7 Å². The number of carboxylic acids is 1. The number of aromatic carboxylic acids is 1. The molecule has 0 atom stereocenters. The standard InChI is InChI=1S/C16H16Cl2N2O4/c1-2-3-7-24-14-13(16(22)23)19-11(20-15(14)21)8-9-5-4-6-10(17)12(9)18/h4-6H,2-3,7-8H2,1H3,(H,22,23)(H,19,20,21). The molecule has 1 heterocycles. The summed E-state index contributed by atoms with van der Waals surface area (Å²) in [4.78, 5) is 19.3. The lowest BCUT2D eigenvalue weighted by Crippen LogP contribution is -2.11. The number of aromatic nitrogens is 2. The molecule has 2 N–H and O–H groups in total. The minimum Gasteiger partial charge on any atom is -0.491 e. The summed E-state index contributed by atoms with van der Waals surface area (Å²) in [6.45, 7) is 2.24. The van der Waals surface area contributed by atoms with Crippen LogP contribution >= 0.6 is 23.2 Å². The van der Waals surface area contributed by atoms with Crippen LogP contribution in [-0.2, 0) is 6.42 Å². The van der Waals surface area contributed by atoms with Crippen LogP contribution in [0.1, 0.15) is 41.6 Å². The van der Waals surface area contributed by atoms with E-state index < -0.39 is 11.8 Å². The Morgan fingerprint density at radius 3 is 2.71 bits per heavy atom. The van der Waals surface area contributed by atoms with Gasteiger partial charge in [-0.25, -0.2) is 9.78 Å². The SMILES string of the molecule is CCCCOc1c(O)nc(Cc2cccc(Cl)c2Cl)nc1C(=O)O. The van der Waals surface area contributed by atoms with Crippen molar-refractivity contribution in [2.45, 2.75) is 26.2 Å². The third kappa shape index (κ3) is 4.27. The summed E-state index contributed by atoms with van der Waals surface area (Å²) in [5, 5.41) is 20.0. The first-order valence-electron chi connectivity index (χ1n) is 7.32. The molecule has 24 heavy (non-hydrogen) atoms. The van der Waals surface area contributed by atoms with Crippen molar-refractivity contribution in [1.82, 2.24) is 9.97 Å². The van der Waals surface area contributed by atoms with Gasteiger partial charge in [0.1, 0.15) is 5.82 Å². The molecular formula is C16H16Cl2N2O4. The van der Waals surface area contributed by atoms with Crippen molar-refractivity contribution in [3.63, 3.8) is 0 Å². The first kappa shape index (κ1) is 18.3. The van der Waals surface area contributed by atoms with Gasteiger partial charge in [0, 0.05) is 6.42 Å². The third-order valence-electron chi connectivity index (χ3n) is 3.22. The van der Waals surface area contributed by atoms with Crippen molar-refractivity contribution in [3.05, 3.63) is 45.3 Å². The minimum absolute atomic E-state index is 0.108. The van der Waals surface area contributed by atoms with Crippen LogP contribution in [0.4, 0.5) is 0 Å². The first-order valence-corrected chi connectivity index (χ1v) is 8.08. The van der Waals surface area contributed by atoms with Crippen LogP contribution in [0, 0.1) is 0 Å². The average molecular weight is 371 g/mol. The topological polar surface area (TPSA) is 92.5 Å². The molecular weight excluding hydrogens is 355 g/mol. The smallest absolute Gasteiger partial charge is 0.358 e. The number of halogens is 2. The summed E-state index contributed by atoms with van der Waals surface area (Å²) in [6, 6.07) is 5.07. The molecule has 0 aliphatic heterocycles. The van der Waals surface area contributed by atoms with Gasteiger partial charge in [-0.3, -0.25) is 0 Å². The lowest BCUT2D eigenvalue weighted by Gasteiger charge is -2.11. The van der Waals surface area contributed by atoms with E-state index in [2.05, 4.69) is 9.97 Å². The maximum Gasteiger partial charge on any atom is 0.358 e. The van der Waals surface area contributed by atoms with Crippen molar-refractivity contribution in [1.29, 1.82) is 0 Å². The number of unbranched alkanes of at least 4 members (excludes halogenated alkanes) is 1. The van der Waals surface area contributed by atoms with Gasteiger partial charge in [-0.05, 0) is 18.1 Å². The quantitative estimate of drug-likeness (QED) is 0.716. The van der Waals surface area contributed by atoms with Gasteiger partial charge < -0.3 is 14.9 Å². The van der Waals surface area contributed by atoms with Gasteiger partial charge >= 0.3 is 5.97 Å². The third-order valence-corrected chi connectivity index (χ3v) is 4.08. The molecule has 0 aliphatic carbocycles. The van der Waals surface area contributed by atoms with E-state index in [0.717, 1.165) is 12.8 Å². The van der Waals surface area contributed by atoms with Crippen LogP contribution < -0.4 is 4.74 Å². The van der Waals surface area contributed by atoms with E-state index in [1.807, 2.05) is 6.92 Å². The van der Waals surface area contributed by atoms with E-state index in [-0.39, 0.29) is 30.3 Å². The highest BCUT2D eigenvalue weighted by Crippen LogP contribution is 2.30. The molecule has 0 saturated carbocycles. The van der Waals surface area contributed by atoms with Gasteiger partial charge in [-0.1, -0.05) is 48.7 Å². The van der Waals surface area contributed by atoms with Crippen molar-refractivity contribution in [3.8, 4) is 11.6 Å². The Morgan fingerprint density at radius 1 is 1.29 bits per heavy atom. The molecule has 0 spiro atoms. The largest absolute Gasteiger partial charge is 0.491 e. The van der Waals surface area contributed by atoms with Gasteiger partial charge in [-0.2, -0.15) is 4.98 Å². The second-order valence-electron chi connectivity index (χ2n) is 5.04. The lowest BCUT2D eigenvalue weighted by atomic mass is 10.1.